The van der Waals surface area contributed by atoms with Gasteiger partial charge in [0.2, 0.25) is 5.82 Å². The van der Waals surface area contributed by atoms with Gasteiger partial charge in [-0.3, -0.25) is 0 Å². The van der Waals surface area contributed by atoms with E-state index in [0.29, 0.717) is 18.0 Å². The summed E-state index contributed by atoms with van der Waals surface area (Å²) in [5, 5.41) is 4.85. The Morgan fingerprint density at radius 1 is 1.05 bits per heavy atom. The van der Waals surface area contributed by atoms with Crippen LogP contribution in [-0.4, -0.2) is 18.0 Å². The van der Waals surface area contributed by atoms with Crippen LogP contribution in [-0.2, 0) is 6.42 Å². The van der Waals surface area contributed by atoms with Gasteiger partial charge in [-0.05, 0) is 17.2 Å². The molecule has 20 heavy (non-hydrogen) atoms. The van der Waals surface area contributed by atoms with Crippen LogP contribution in [0, 0.1) is 0 Å². The lowest BCUT2D eigenvalue weighted by molar-refractivity contribution is 0.382. The van der Waals surface area contributed by atoms with Crippen LogP contribution in [0.5, 0.6) is 5.75 Å². The van der Waals surface area contributed by atoms with Gasteiger partial charge in [0, 0.05) is 12.6 Å². The first-order valence-corrected chi connectivity index (χ1v) is 6.52. The van der Waals surface area contributed by atoms with E-state index in [1.165, 1.54) is 5.56 Å². The Bertz CT molecular complexity index is 791. The van der Waals surface area contributed by atoms with Crippen LogP contribution < -0.4 is 4.74 Å². The van der Waals surface area contributed by atoms with Gasteiger partial charge in [0.15, 0.2) is 5.58 Å². The first-order valence-electron chi connectivity index (χ1n) is 6.52. The first kappa shape index (κ1) is 11.2. The third-order valence-electron chi connectivity index (χ3n) is 3.41. The highest BCUT2D eigenvalue weighted by Gasteiger charge is 2.19. The van der Waals surface area contributed by atoms with Gasteiger partial charge >= 0.3 is 0 Å². The summed E-state index contributed by atoms with van der Waals surface area (Å²) < 4.78 is 11.1. The predicted octanol–water partition coefficient (Wildman–Crippen LogP) is 3.51. The number of nitrogens with zero attached hydrogens (tertiary/aromatic N) is 2. The Labute approximate surface area is 115 Å². The minimum absolute atomic E-state index is 0.456. The highest BCUT2D eigenvalue weighted by Crippen LogP contribution is 2.38. The Morgan fingerprint density at radius 3 is 2.85 bits per heavy atom. The lowest BCUT2D eigenvalue weighted by Crippen LogP contribution is -2.00. The number of ether oxygens (including phenoxy) is 1. The van der Waals surface area contributed by atoms with Crippen LogP contribution in [0.2, 0.25) is 0 Å². The van der Waals surface area contributed by atoms with Crippen LogP contribution in [0.4, 0.5) is 5.82 Å². The zero-order valence-corrected chi connectivity index (χ0v) is 10.7. The summed E-state index contributed by atoms with van der Waals surface area (Å²) in [6, 6.07) is 14.3. The van der Waals surface area contributed by atoms with Gasteiger partial charge in [-0.1, -0.05) is 41.6 Å². The van der Waals surface area contributed by atoms with Crippen molar-refractivity contribution >= 4 is 23.0 Å². The van der Waals surface area contributed by atoms with Crippen LogP contribution in [0.1, 0.15) is 11.1 Å². The molecule has 0 bridgehead atoms. The lowest BCUT2D eigenvalue weighted by Gasteiger charge is -2.10. The largest absolute Gasteiger partial charge is 0.487 e. The molecule has 98 valence electrons. The highest BCUT2D eigenvalue weighted by molar-refractivity contribution is 5.95. The van der Waals surface area contributed by atoms with Gasteiger partial charge in [0.05, 0.1) is 0 Å². The average molecular weight is 264 g/mol. The summed E-state index contributed by atoms with van der Waals surface area (Å²) in [7, 11) is 0. The minimum Gasteiger partial charge on any atom is -0.487 e. The van der Waals surface area contributed by atoms with E-state index in [1.807, 2.05) is 30.3 Å². The zero-order valence-electron chi connectivity index (χ0n) is 10.7. The molecule has 4 rings (SSSR count). The molecule has 0 atom stereocenters. The number of rotatable bonds is 2. The maximum Gasteiger partial charge on any atom is 0.206 e. The summed E-state index contributed by atoms with van der Waals surface area (Å²) in [5.74, 6) is 1.43. The minimum atomic E-state index is 0.456. The predicted molar refractivity (Wildman–Crippen MR) is 76.9 cm³/mol. The van der Waals surface area contributed by atoms with E-state index in [1.54, 1.807) is 6.21 Å². The van der Waals surface area contributed by atoms with Crippen LogP contribution in [0.3, 0.4) is 0 Å². The molecule has 1 aromatic heterocycles. The number of hydrogen-bond donors (Lipinski definition) is 0. The van der Waals surface area contributed by atoms with Crippen molar-refractivity contribution in [2.75, 3.05) is 6.61 Å². The molecule has 0 N–H and O–H groups in total. The number of hydrogen-bond acceptors (Lipinski definition) is 4. The highest BCUT2D eigenvalue weighted by atomic mass is 16.5. The van der Waals surface area contributed by atoms with Crippen LogP contribution >= 0.6 is 0 Å². The van der Waals surface area contributed by atoms with Gasteiger partial charge in [-0.2, -0.15) is 0 Å². The Kier molecular flexibility index (Phi) is 2.52. The van der Waals surface area contributed by atoms with Crippen molar-refractivity contribution in [2.24, 2.45) is 4.99 Å². The smallest absolute Gasteiger partial charge is 0.206 e. The second-order valence-corrected chi connectivity index (χ2v) is 4.72. The van der Waals surface area contributed by atoms with Crippen molar-refractivity contribution in [3.63, 3.8) is 0 Å². The van der Waals surface area contributed by atoms with E-state index in [2.05, 4.69) is 22.3 Å². The van der Waals surface area contributed by atoms with Crippen molar-refractivity contribution in [3.05, 3.63) is 53.6 Å². The quantitative estimate of drug-likeness (QED) is 0.711. The molecule has 0 fully saturated rings. The third kappa shape index (κ3) is 1.77. The molecular weight excluding hydrogens is 252 g/mol. The molecule has 0 aliphatic carbocycles. The fourth-order valence-electron chi connectivity index (χ4n) is 2.49. The second-order valence-electron chi connectivity index (χ2n) is 4.72. The zero-order chi connectivity index (χ0) is 13.4. The van der Waals surface area contributed by atoms with Crippen molar-refractivity contribution in [2.45, 2.75) is 6.42 Å². The second kappa shape index (κ2) is 4.49. The van der Waals surface area contributed by atoms with Gasteiger partial charge < -0.3 is 9.26 Å². The third-order valence-corrected chi connectivity index (χ3v) is 3.41. The van der Waals surface area contributed by atoms with E-state index in [-0.39, 0.29) is 0 Å². The van der Waals surface area contributed by atoms with Gasteiger partial charge in [-0.15, -0.1) is 0 Å². The molecule has 0 unspecified atom stereocenters. The molecule has 2 heterocycles. The first-order chi connectivity index (χ1) is 9.92. The Balaban J connectivity index is 1.87. The Morgan fingerprint density at radius 2 is 1.95 bits per heavy atom. The average Bonchev–Trinajstić information content (AvgIpc) is 2.77. The molecule has 0 amide bonds. The van der Waals surface area contributed by atoms with E-state index in [0.717, 1.165) is 23.1 Å². The SMILES string of the molecule is C1=Nc2noc3ccc(Cc4ccccc4)c(c23)OC1. The van der Waals surface area contributed by atoms with Gasteiger partial charge in [0.25, 0.3) is 0 Å². The summed E-state index contributed by atoms with van der Waals surface area (Å²) in [4.78, 5) is 4.26. The van der Waals surface area contributed by atoms with Crippen LogP contribution in [0.25, 0.3) is 11.0 Å². The molecule has 0 saturated carbocycles. The summed E-state index contributed by atoms with van der Waals surface area (Å²) in [6.07, 6.45) is 2.53. The maximum atomic E-state index is 5.83. The fraction of sp³-hybridized carbons (Fsp3) is 0.125. The van der Waals surface area contributed by atoms with E-state index in [9.17, 15) is 0 Å². The van der Waals surface area contributed by atoms with E-state index in [4.69, 9.17) is 9.26 Å². The van der Waals surface area contributed by atoms with E-state index < -0.39 is 0 Å². The Hall–Kier alpha value is -2.62. The number of benzene rings is 2. The molecule has 0 radical (unpaired) electrons. The van der Waals surface area contributed by atoms with Crippen molar-refractivity contribution in [3.8, 4) is 5.75 Å². The number of aliphatic imine (C=N–C) groups is 1. The van der Waals surface area contributed by atoms with E-state index >= 15 is 0 Å². The molecule has 0 spiro atoms. The number of aromatic nitrogens is 1. The normalized spacial score (nSPS) is 13.2. The molecule has 0 saturated heterocycles. The molecule has 1 aliphatic heterocycles. The fourth-order valence-corrected chi connectivity index (χ4v) is 2.49. The summed E-state index contributed by atoms with van der Waals surface area (Å²) >= 11 is 0. The van der Waals surface area contributed by atoms with Crippen LogP contribution in [0.15, 0.2) is 52.0 Å². The summed E-state index contributed by atoms with van der Waals surface area (Å²) in [5.41, 5.74) is 3.08. The van der Waals surface area contributed by atoms with Gasteiger partial charge in [-0.25, -0.2) is 4.99 Å². The molecule has 2 aromatic carbocycles. The van der Waals surface area contributed by atoms with Crippen molar-refractivity contribution < 1.29 is 9.26 Å². The molecule has 4 nitrogen and oxygen atoms in total. The molecule has 3 aromatic rings. The van der Waals surface area contributed by atoms with Gasteiger partial charge in [0.1, 0.15) is 17.7 Å². The lowest BCUT2D eigenvalue weighted by atomic mass is 10.0. The van der Waals surface area contributed by atoms with Crippen molar-refractivity contribution in [1.82, 2.24) is 5.16 Å². The maximum absolute atomic E-state index is 5.83. The topological polar surface area (TPSA) is 47.6 Å². The monoisotopic (exact) mass is 264 g/mol. The molecular formula is C16H12N2O2. The standard InChI is InChI=1S/C16H12N2O2/c1-2-4-11(5-3-1)10-12-6-7-13-14-15(12)19-9-8-17-16(14)18-20-13/h1-8H,9-10H2. The van der Waals surface area contributed by atoms with Crippen molar-refractivity contribution in [1.29, 1.82) is 0 Å². The molecule has 1 aliphatic rings. The molecule has 4 heteroatoms. The summed E-state index contributed by atoms with van der Waals surface area (Å²) in [6.45, 7) is 0.456.